The van der Waals surface area contributed by atoms with Gasteiger partial charge in [-0.15, -0.1) is 0 Å². The molecule has 1 aliphatic rings. The van der Waals surface area contributed by atoms with Crippen LogP contribution in [-0.4, -0.2) is 7.11 Å². The van der Waals surface area contributed by atoms with E-state index in [-0.39, 0.29) is 5.41 Å². The molecule has 0 amide bonds. The fourth-order valence-corrected chi connectivity index (χ4v) is 3.85. The summed E-state index contributed by atoms with van der Waals surface area (Å²) in [5, 5.41) is 2.96. The average molecular weight is 275 g/mol. The van der Waals surface area contributed by atoms with Crippen LogP contribution in [0.4, 0.5) is 5.13 Å². The van der Waals surface area contributed by atoms with Gasteiger partial charge < -0.3 is 4.74 Å². The van der Waals surface area contributed by atoms with Gasteiger partial charge >= 0.3 is 5.13 Å². The fourth-order valence-electron chi connectivity index (χ4n) is 3.15. The number of nitrogen functional groups attached to an aromatic ring is 1. The first-order valence-electron chi connectivity index (χ1n) is 6.66. The van der Waals surface area contributed by atoms with Crippen molar-refractivity contribution in [1.29, 1.82) is 0 Å². The van der Waals surface area contributed by atoms with Crippen LogP contribution in [0.2, 0.25) is 0 Å². The molecule has 1 aromatic carbocycles. The van der Waals surface area contributed by atoms with Crippen LogP contribution in [0.5, 0.6) is 5.75 Å². The molecule has 1 aromatic heterocycles. The Balaban J connectivity index is 2.04. The molecular weight excluding hydrogens is 256 g/mol. The molecular formula is C15H19N2OS+. The second-order valence-electron chi connectivity index (χ2n) is 5.16. The van der Waals surface area contributed by atoms with Gasteiger partial charge in [0.2, 0.25) is 0 Å². The number of anilines is 1. The lowest BCUT2D eigenvalue weighted by atomic mass is 9.76. The van der Waals surface area contributed by atoms with E-state index in [9.17, 15) is 0 Å². The number of nitrogens with one attached hydrogen (secondary N) is 1. The predicted octanol–water partition coefficient (Wildman–Crippen LogP) is 3.01. The zero-order chi connectivity index (χ0) is 13.3. The van der Waals surface area contributed by atoms with E-state index < -0.39 is 0 Å². The predicted molar refractivity (Wildman–Crippen MR) is 77.5 cm³/mol. The largest absolute Gasteiger partial charge is 0.497 e. The maximum absolute atomic E-state index is 5.87. The molecule has 1 heterocycles. The maximum Gasteiger partial charge on any atom is 0.329 e. The number of thiazole rings is 1. The SMILES string of the molecule is COc1ccc(C2(c3csc(N)[nH+]3)CCCC2)cc1. The van der Waals surface area contributed by atoms with E-state index in [2.05, 4.69) is 22.5 Å². The number of ether oxygens (including phenoxy) is 1. The van der Waals surface area contributed by atoms with Gasteiger partial charge in [0.1, 0.15) is 11.4 Å². The number of hydrogen-bond donors (Lipinski definition) is 1. The molecule has 0 saturated heterocycles. The molecule has 19 heavy (non-hydrogen) atoms. The molecule has 1 saturated carbocycles. The van der Waals surface area contributed by atoms with Gasteiger partial charge in [0.15, 0.2) is 0 Å². The van der Waals surface area contributed by atoms with E-state index in [4.69, 9.17) is 10.5 Å². The van der Waals surface area contributed by atoms with E-state index in [0.29, 0.717) is 0 Å². The highest BCUT2D eigenvalue weighted by Crippen LogP contribution is 2.45. The van der Waals surface area contributed by atoms with Crippen LogP contribution in [0, 0.1) is 0 Å². The summed E-state index contributed by atoms with van der Waals surface area (Å²) in [6.45, 7) is 0. The summed E-state index contributed by atoms with van der Waals surface area (Å²) in [5.74, 6) is 0.908. The summed E-state index contributed by atoms with van der Waals surface area (Å²) in [6.07, 6.45) is 4.92. The molecule has 1 fully saturated rings. The molecule has 0 atom stereocenters. The number of rotatable bonds is 3. The fraction of sp³-hybridized carbons (Fsp3) is 0.400. The summed E-state index contributed by atoms with van der Waals surface area (Å²) in [4.78, 5) is 3.35. The van der Waals surface area contributed by atoms with Crippen molar-refractivity contribution in [2.45, 2.75) is 31.1 Å². The second kappa shape index (κ2) is 4.85. The molecule has 4 heteroatoms. The van der Waals surface area contributed by atoms with Gasteiger partial charge in [0.05, 0.1) is 12.5 Å². The lowest BCUT2D eigenvalue weighted by Crippen LogP contribution is -2.30. The lowest BCUT2D eigenvalue weighted by Gasteiger charge is -2.26. The van der Waals surface area contributed by atoms with E-state index >= 15 is 0 Å². The quantitative estimate of drug-likeness (QED) is 0.936. The van der Waals surface area contributed by atoms with E-state index in [1.807, 2.05) is 12.1 Å². The lowest BCUT2D eigenvalue weighted by molar-refractivity contribution is -0.373. The van der Waals surface area contributed by atoms with Crippen molar-refractivity contribution in [2.24, 2.45) is 0 Å². The van der Waals surface area contributed by atoms with Gasteiger partial charge in [0, 0.05) is 5.38 Å². The van der Waals surface area contributed by atoms with Crippen molar-refractivity contribution in [3.8, 4) is 5.75 Å². The van der Waals surface area contributed by atoms with Crippen molar-refractivity contribution >= 4 is 16.5 Å². The Hall–Kier alpha value is -1.55. The minimum atomic E-state index is 0.111. The zero-order valence-electron chi connectivity index (χ0n) is 11.1. The molecule has 3 nitrogen and oxygen atoms in total. The van der Waals surface area contributed by atoms with Gasteiger partial charge in [-0.05, 0) is 30.5 Å². The standard InChI is InChI=1S/C15H18N2OS/c1-18-12-6-4-11(5-7-12)15(8-2-3-9-15)13-10-19-14(16)17-13/h4-7,10H,2-3,8-9H2,1H3,(H2,16,17)/p+1. The molecule has 0 spiro atoms. The number of benzene rings is 1. The van der Waals surface area contributed by atoms with Crippen molar-refractivity contribution in [1.82, 2.24) is 0 Å². The highest BCUT2D eigenvalue weighted by Gasteiger charge is 2.40. The highest BCUT2D eigenvalue weighted by molar-refractivity contribution is 7.13. The molecule has 0 radical (unpaired) electrons. The van der Waals surface area contributed by atoms with Crippen LogP contribution in [0.1, 0.15) is 36.9 Å². The third-order valence-electron chi connectivity index (χ3n) is 4.18. The summed E-state index contributed by atoms with van der Waals surface area (Å²) in [5.41, 5.74) is 8.61. The Kier molecular flexibility index (Phi) is 3.19. The summed E-state index contributed by atoms with van der Waals surface area (Å²) >= 11 is 1.59. The second-order valence-corrected chi connectivity index (χ2v) is 6.07. The number of hydrogen-bond acceptors (Lipinski definition) is 3. The molecule has 100 valence electrons. The number of aromatic amines is 1. The monoisotopic (exact) mass is 275 g/mol. The van der Waals surface area contributed by atoms with Crippen molar-refractivity contribution in [3.63, 3.8) is 0 Å². The third-order valence-corrected chi connectivity index (χ3v) is 4.89. The highest BCUT2D eigenvalue weighted by atomic mass is 32.1. The number of aromatic nitrogens is 1. The molecule has 3 N–H and O–H groups in total. The van der Waals surface area contributed by atoms with E-state index in [1.165, 1.54) is 36.9 Å². The summed E-state index contributed by atoms with van der Waals surface area (Å²) < 4.78 is 5.25. The third kappa shape index (κ3) is 2.10. The van der Waals surface area contributed by atoms with Crippen LogP contribution in [0.15, 0.2) is 29.6 Å². The minimum Gasteiger partial charge on any atom is -0.497 e. The zero-order valence-corrected chi connectivity index (χ0v) is 11.9. The van der Waals surface area contributed by atoms with Crippen molar-refractivity contribution in [2.75, 3.05) is 12.8 Å². The smallest absolute Gasteiger partial charge is 0.329 e. The van der Waals surface area contributed by atoms with Crippen LogP contribution in [-0.2, 0) is 5.41 Å². The number of nitrogens with two attached hydrogens (primary N) is 1. The first-order valence-corrected chi connectivity index (χ1v) is 7.54. The van der Waals surface area contributed by atoms with Crippen molar-refractivity contribution < 1.29 is 9.72 Å². The molecule has 2 aromatic rings. The Morgan fingerprint density at radius 2 is 1.89 bits per heavy atom. The van der Waals surface area contributed by atoms with Crippen LogP contribution in [0.3, 0.4) is 0 Å². The topological polar surface area (TPSA) is 49.4 Å². The summed E-state index contributed by atoms with van der Waals surface area (Å²) in [6, 6.07) is 8.47. The van der Waals surface area contributed by atoms with Crippen molar-refractivity contribution in [3.05, 3.63) is 40.9 Å². The molecule has 0 bridgehead atoms. The van der Waals surface area contributed by atoms with Gasteiger partial charge in [-0.2, -0.15) is 0 Å². The minimum absolute atomic E-state index is 0.111. The molecule has 0 unspecified atom stereocenters. The van der Waals surface area contributed by atoms with Gasteiger partial charge in [-0.3, -0.25) is 5.73 Å². The molecule has 1 aliphatic carbocycles. The van der Waals surface area contributed by atoms with Crippen LogP contribution < -0.4 is 15.5 Å². The first kappa shape index (κ1) is 12.5. The maximum atomic E-state index is 5.87. The Morgan fingerprint density at radius 3 is 2.42 bits per heavy atom. The molecule has 0 aliphatic heterocycles. The first-order chi connectivity index (χ1) is 9.24. The number of H-pyrrole nitrogens is 1. The van der Waals surface area contributed by atoms with E-state index in [0.717, 1.165) is 10.9 Å². The van der Waals surface area contributed by atoms with Gasteiger partial charge in [0.25, 0.3) is 0 Å². The van der Waals surface area contributed by atoms with E-state index in [1.54, 1.807) is 18.4 Å². The van der Waals surface area contributed by atoms with Gasteiger partial charge in [-0.1, -0.05) is 36.3 Å². The Morgan fingerprint density at radius 1 is 1.21 bits per heavy atom. The normalized spacial score (nSPS) is 17.5. The molecule has 3 rings (SSSR count). The Labute approximate surface area is 117 Å². The Bertz CT molecular complexity index is 556. The van der Waals surface area contributed by atoms with Crippen LogP contribution in [0.25, 0.3) is 0 Å². The average Bonchev–Trinajstić information content (AvgIpc) is 3.08. The van der Waals surface area contributed by atoms with Gasteiger partial charge in [-0.25, -0.2) is 4.98 Å². The van der Waals surface area contributed by atoms with Crippen LogP contribution >= 0.6 is 11.3 Å². The summed E-state index contributed by atoms with van der Waals surface area (Å²) in [7, 11) is 1.70. The number of methoxy groups -OCH3 is 1.